The van der Waals surface area contributed by atoms with Crippen LogP contribution in [-0.2, 0) is 10.8 Å². The fourth-order valence-corrected chi connectivity index (χ4v) is 12.4. The van der Waals surface area contributed by atoms with Crippen LogP contribution >= 0.6 is 11.3 Å². The molecule has 13 rings (SSSR count). The topological polar surface area (TPSA) is 9.86 Å². The molecule has 0 saturated carbocycles. The number of hydrogen-bond donors (Lipinski definition) is 0. The van der Waals surface area contributed by atoms with E-state index in [0.717, 1.165) is 0 Å². The molecular formula is C46H31BN2S. The van der Waals surface area contributed by atoms with Gasteiger partial charge in [-0.2, -0.15) is 0 Å². The van der Waals surface area contributed by atoms with Gasteiger partial charge in [0.05, 0.1) is 10.3 Å². The van der Waals surface area contributed by atoms with Crippen LogP contribution in [0, 0.1) is 0 Å². The third kappa shape index (κ3) is 2.64. The number of rotatable bonds is 0. The summed E-state index contributed by atoms with van der Waals surface area (Å²) in [7, 11) is 0. The standard InChI is InChI=1S/C46H31BN2S/c1-45(2)31-19-8-5-13-24(31)30-23-34-40-38(39(30)45)29-17-11-16-28-37-26-15-7-10-22-35(26)50-44(37)49(41(28)29)47(40)33-21-12-18-27-36-25-14-6-9-20-32(25)46(3,4)43(36)48(34)42(27)33/h5-23H,1-4H3. The lowest BCUT2D eigenvalue weighted by atomic mass is 9.45. The van der Waals surface area contributed by atoms with E-state index in [1.807, 2.05) is 11.3 Å². The number of hydrogen-bond acceptors (Lipinski definition) is 1. The molecule has 5 heterocycles. The summed E-state index contributed by atoms with van der Waals surface area (Å²) < 4.78 is 6.84. The number of thiophene rings is 1. The molecule has 0 fully saturated rings. The molecule has 50 heavy (non-hydrogen) atoms. The zero-order chi connectivity index (χ0) is 33.0. The van der Waals surface area contributed by atoms with E-state index in [1.165, 1.54) is 114 Å². The molecule has 0 bridgehead atoms. The van der Waals surface area contributed by atoms with E-state index in [0.29, 0.717) is 0 Å². The fraction of sp³-hybridized carbons (Fsp3) is 0.130. The van der Waals surface area contributed by atoms with Crippen molar-refractivity contribution in [1.29, 1.82) is 0 Å². The Hall–Kier alpha value is -5.32. The molecular weight excluding hydrogens is 623 g/mol. The van der Waals surface area contributed by atoms with Crippen LogP contribution in [0.3, 0.4) is 0 Å². The van der Waals surface area contributed by atoms with Crippen LogP contribution in [0.4, 0.5) is 0 Å². The van der Waals surface area contributed by atoms with E-state index >= 15 is 0 Å². The number of fused-ring (bicyclic) bond motifs is 18. The number of aromatic nitrogens is 2. The molecule has 0 amide bonds. The van der Waals surface area contributed by atoms with Crippen molar-refractivity contribution in [2.24, 2.45) is 0 Å². The van der Waals surface area contributed by atoms with E-state index in [2.05, 4.69) is 152 Å². The zero-order valence-corrected chi connectivity index (χ0v) is 29.2. The molecule has 2 nitrogen and oxygen atoms in total. The third-order valence-corrected chi connectivity index (χ3v) is 14.2. The minimum Gasteiger partial charge on any atom is -0.367 e. The lowest BCUT2D eigenvalue weighted by Gasteiger charge is -2.38. The Morgan fingerprint density at radius 2 is 1.26 bits per heavy atom. The lowest BCUT2D eigenvalue weighted by Crippen LogP contribution is -2.56. The van der Waals surface area contributed by atoms with Gasteiger partial charge in [0.15, 0.2) is 0 Å². The first-order valence-electron chi connectivity index (χ1n) is 17.9. The molecule has 6 aromatic carbocycles. The van der Waals surface area contributed by atoms with Crippen molar-refractivity contribution in [3.8, 4) is 39.1 Å². The predicted octanol–water partition coefficient (Wildman–Crippen LogP) is 10.5. The first kappa shape index (κ1) is 26.5. The smallest absolute Gasteiger partial charge is 0.333 e. The van der Waals surface area contributed by atoms with Gasteiger partial charge in [0.2, 0.25) is 0 Å². The highest BCUT2D eigenvalue weighted by Gasteiger charge is 2.50. The fourth-order valence-electron chi connectivity index (χ4n) is 11.2. The molecule has 0 N–H and O–H groups in total. The van der Waals surface area contributed by atoms with Crippen molar-refractivity contribution < 1.29 is 0 Å². The Bertz CT molecular complexity index is 3110. The molecule has 4 heteroatoms. The SMILES string of the molecule is CC1(C)c2ccccc2-c2cc3c4c(c21)-c1cccc2c5c6ccccc6sc5n(c12)B4c1cccc2c4c(n-3c12)C(C)(C)c1ccccc1-4. The predicted molar refractivity (Wildman–Crippen MR) is 213 cm³/mol. The summed E-state index contributed by atoms with van der Waals surface area (Å²) in [4.78, 5) is 1.38. The minimum absolute atomic E-state index is 0.0670. The van der Waals surface area contributed by atoms with Gasteiger partial charge in [-0.1, -0.05) is 131 Å². The summed E-state index contributed by atoms with van der Waals surface area (Å²) in [6.45, 7) is 9.86. The number of para-hydroxylation sites is 2. The van der Waals surface area contributed by atoms with E-state index < -0.39 is 0 Å². The summed E-state index contributed by atoms with van der Waals surface area (Å²) in [5, 5.41) is 5.52. The monoisotopic (exact) mass is 654 g/mol. The van der Waals surface area contributed by atoms with Gasteiger partial charge in [-0.15, -0.1) is 11.3 Å². The number of nitrogens with zero attached hydrogens (tertiary/aromatic N) is 2. The van der Waals surface area contributed by atoms with Gasteiger partial charge in [-0.25, -0.2) is 0 Å². The maximum Gasteiger partial charge on any atom is 0.333 e. The summed E-state index contributed by atoms with van der Waals surface area (Å²) in [5.41, 5.74) is 20.9. The highest BCUT2D eigenvalue weighted by Crippen LogP contribution is 2.58. The molecule has 234 valence electrons. The molecule has 0 unspecified atom stereocenters. The second-order valence-electron chi connectivity index (χ2n) is 16.0. The van der Waals surface area contributed by atoms with Crippen LogP contribution < -0.4 is 10.9 Å². The Morgan fingerprint density at radius 1 is 0.580 bits per heavy atom. The lowest BCUT2D eigenvalue weighted by molar-refractivity contribution is 0.624. The van der Waals surface area contributed by atoms with Gasteiger partial charge < -0.3 is 9.05 Å². The van der Waals surface area contributed by atoms with Gasteiger partial charge in [-0.05, 0) is 62.0 Å². The van der Waals surface area contributed by atoms with Crippen molar-refractivity contribution in [1.82, 2.24) is 9.05 Å². The molecule has 2 aliphatic heterocycles. The van der Waals surface area contributed by atoms with E-state index in [-0.39, 0.29) is 17.7 Å². The quantitative estimate of drug-likeness (QED) is 0.144. The molecule has 0 radical (unpaired) electrons. The first-order valence-corrected chi connectivity index (χ1v) is 18.7. The van der Waals surface area contributed by atoms with E-state index in [4.69, 9.17) is 0 Å². The van der Waals surface area contributed by atoms with E-state index in [9.17, 15) is 0 Å². The van der Waals surface area contributed by atoms with Gasteiger partial charge >= 0.3 is 6.85 Å². The number of benzene rings is 6. The molecule has 3 aromatic heterocycles. The maximum absolute atomic E-state index is 2.76. The molecule has 4 aliphatic rings. The average Bonchev–Trinajstić information content (AvgIpc) is 3.89. The molecule has 0 spiro atoms. The van der Waals surface area contributed by atoms with Crippen LogP contribution in [0.1, 0.15) is 50.1 Å². The normalized spacial score (nSPS) is 16.3. The summed E-state index contributed by atoms with van der Waals surface area (Å²) in [6.07, 6.45) is 0. The Kier molecular flexibility index (Phi) is 4.34. The maximum atomic E-state index is 2.76. The van der Waals surface area contributed by atoms with Crippen LogP contribution in [0.5, 0.6) is 0 Å². The Labute approximate surface area is 294 Å². The van der Waals surface area contributed by atoms with Crippen molar-refractivity contribution in [3.63, 3.8) is 0 Å². The summed E-state index contributed by atoms with van der Waals surface area (Å²) in [5.74, 6) is 0. The summed E-state index contributed by atoms with van der Waals surface area (Å²) >= 11 is 1.96. The third-order valence-electron chi connectivity index (χ3n) is 13.0. The highest BCUT2D eigenvalue weighted by atomic mass is 32.1. The van der Waals surface area contributed by atoms with Crippen LogP contribution in [-0.4, -0.2) is 15.9 Å². The Morgan fingerprint density at radius 3 is 2.12 bits per heavy atom. The summed E-state index contributed by atoms with van der Waals surface area (Å²) in [6, 6.07) is 44.2. The van der Waals surface area contributed by atoms with Gasteiger partial charge in [0.1, 0.15) is 0 Å². The first-order chi connectivity index (χ1) is 24.4. The van der Waals surface area contributed by atoms with Crippen molar-refractivity contribution in [2.75, 3.05) is 0 Å². The van der Waals surface area contributed by atoms with Gasteiger partial charge in [-0.3, -0.25) is 0 Å². The second kappa shape index (κ2) is 8.17. The van der Waals surface area contributed by atoms with Crippen LogP contribution in [0.25, 0.3) is 81.2 Å². The van der Waals surface area contributed by atoms with Crippen LogP contribution in [0.15, 0.2) is 115 Å². The van der Waals surface area contributed by atoms with Gasteiger partial charge in [0, 0.05) is 65.1 Å². The minimum atomic E-state index is -0.149. The van der Waals surface area contributed by atoms with Crippen molar-refractivity contribution in [2.45, 2.75) is 38.5 Å². The van der Waals surface area contributed by atoms with Crippen molar-refractivity contribution >= 4 is 71.2 Å². The molecule has 2 aliphatic carbocycles. The van der Waals surface area contributed by atoms with Gasteiger partial charge in [0.25, 0.3) is 0 Å². The molecule has 0 saturated heterocycles. The van der Waals surface area contributed by atoms with E-state index in [1.54, 1.807) is 0 Å². The Balaban J connectivity index is 1.31. The zero-order valence-electron chi connectivity index (χ0n) is 28.3. The highest BCUT2D eigenvalue weighted by molar-refractivity contribution is 7.26. The molecule has 9 aromatic rings. The second-order valence-corrected chi connectivity index (χ2v) is 17.0. The van der Waals surface area contributed by atoms with Crippen LogP contribution in [0.2, 0.25) is 0 Å². The largest absolute Gasteiger partial charge is 0.367 e. The average molecular weight is 655 g/mol. The molecule has 0 atom stereocenters. The van der Waals surface area contributed by atoms with Crippen molar-refractivity contribution in [3.05, 3.63) is 138 Å².